The molecule has 0 N–H and O–H groups in total. The lowest BCUT2D eigenvalue weighted by molar-refractivity contribution is -0.151. The number of ether oxygens (including phenoxy) is 1. The Bertz CT molecular complexity index is 683. The molecule has 2 heterocycles. The van der Waals surface area contributed by atoms with Crippen LogP contribution in [0, 0.1) is 12.8 Å². The van der Waals surface area contributed by atoms with Gasteiger partial charge in [0.05, 0.1) is 24.4 Å². The summed E-state index contributed by atoms with van der Waals surface area (Å²) in [6, 6.07) is -0.609. The summed E-state index contributed by atoms with van der Waals surface area (Å²) >= 11 is 0. The van der Waals surface area contributed by atoms with E-state index < -0.39 is 22.0 Å². The molecule has 7 nitrogen and oxygen atoms in total. The van der Waals surface area contributed by atoms with Crippen LogP contribution in [0.5, 0.6) is 0 Å². The van der Waals surface area contributed by atoms with Crippen LogP contribution in [0.25, 0.3) is 0 Å². The maximum Gasteiger partial charge on any atom is 0.310 e. The fourth-order valence-corrected chi connectivity index (χ4v) is 5.31. The lowest BCUT2D eigenvalue weighted by Crippen LogP contribution is -2.53. The summed E-state index contributed by atoms with van der Waals surface area (Å²) in [5.41, 5.74) is 0.586. The molecule has 0 aromatic carbocycles. The lowest BCUT2D eigenvalue weighted by Gasteiger charge is -2.41. The van der Waals surface area contributed by atoms with Crippen LogP contribution in [-0.4, -0.2) is 47.2 Å². The molecule has 1 saturated heterocycles. The Morgan fingerprint density at radius 3 is 2.57 bits per heavy atom. The normalized spacial score (nSPS) is 26.2. The van der Waals surface area contributed by atoms with Crippen molar-refractivity contribution < 1.29 is 17.9 Å². The van der Waals surface area contributed by atoms with Crippen LogP contribution < -0.4 is 0 Å². The Labute approximate surface area is 137 Å². The van der Waals surface area contributed by atoms with E-state index in [-0.39, 0.29) is 16.9 Å². The van der Waals surface area contributed by atoms with Crippen molar-refractivity contribution in [2.24, 2.45) is 13.0 Å². The van der Waals surface area contributed by atoms with Crippen LogP contribution >= 0.6 is 0 Å². The van der Waals surface area contributed by atoms with E-state index in [1.807, 2.05) is 6.92 Å². The van der Waals surface area contributed by atoms with Crippen molar-refractivity contribution in [3.63, 3.8) is 0 Å². The monoisotopic (exact) mass is 343 g/mol. The van der Waals surface area contributed by atoms with Crippen LogP contribution in [0.1, 0.15) is 39.3 Å². The van der Waals surface area contributed by atoms with E-state index in [2.05, 4.69) is 5.10 Å². The zero-order valence-electron chi connectivity index (χ0n) is 14.3. The van der Waals surface area contributed by atoms with Crippen molar-refractivity contribution in [2.45, 2.75) is 57.5 Å². The summed E-state index contributed by atoms with van der Waals surface area (Å²) in [6.45, 7) is 7.43. The lowest BCUT2D eigenvalue weighted by atomic mass is 9.89. The molecule has 130 valence electrons. The zero-order valence-corrected chi connectivity index (χ0v) is 15.1. The predicted molar refractivity (Wildman–Crippen MR) is 85.3 cm³/mol. The van der Waals surface area contributed by atoms with Gasteiger partial charge in [0.25, 0.3) is 0 Å². The zero-order chi connectivity index (χ0) is 17.4. The van der Waals surface area contributed by atoms with Gasteiger partial charge in [-0.1, -0.05) is 0 Å². The van der Waals surface area contributed by atoms with Gasteiger partial charge in [-0.3, -0.25) is 9.48 Å². The third-order valence-corrected chi connectivity index (χ3v) is 6.85. The van der Waals surface area contributed by atoms with Crippen LogP contribution in [0.15, 0.2) is 11.1 Å². The fraction of sp³-hybridized carbons (Fsp3) is 0.733. The maximum atomic E-state index is 13.1. The first-order valence-corrected chi connectivity index (χ1v) is 9.34. The van der Waals surface area contributed by atoms with E-state index in [9.17, 15) is 13.2 Å². The number of esters is 1. The van der Waals surface area contributed by atoms with Gasteiger partial charge in [-0.2, -0.15) is 9.40 Å². The van der Waals surface area contributed by atoms with E-state index in [1.54, 1.807) is 27.8 Å². The molecule has 0 radical (unpaired) electrons. The van der Waals surface area contributed by atoms with Gasteiger partial charge in [0.15, 0.2) is 0 Å². The number of hydrogen-bond donors (Lipinski definition) is 0. The van der Waals surface area contributed by atoms with E-state index in [0.29, 0.717) is 25.1 Å². The number of sulfonamides is 1. The van der Waals surface area contributed by atoms with Crippen molar-refractivity contribution >= 4 is 16.0 Å². The van der Waals surface area contributed by atoms with Gasteiger partial charge in [-0.05, 0) is 40.5 Å². The topological polar surface area (TPSA) is 81.5 Å². The average molecular weight is 343 g/mol. The molecular weight excluding hydrogens is 318 g/mol. The highest BCUT2D eigenvalue weighted by atomic mass is 32.2. The number of carbonyl (C=O) groups is 1. The van der Waals surface area contributed by atoms with Gasteiger partial charge in [0, 0.05) is 19.1 Å². The molecule has 3 atom stereocenters. The molecule has 1 aliphatic rings. The summed E-state index contributed by atoms with van der Waals surface area (Å²) in [4.78, 5) is 12.3. The maximum absolute atomic E-state index is 13.1. The summed E-state index contributed by atoms with van der Waals surface area (Å²) in [5.74, 6) is -0.757. The molecule has 1 aromatic rings. The Morgan fingerprint density at radius 1 is 1.39 bits per heavy atom. The first-order valence-electron chi connectivity index (χ1n) is 7.90. The second-order valence-electron chi connectivity index (χ2n) is 6.08. The third kappa shape index (κ3) is 3.14. The summed E-state index contributed by atoms with van der Waals surface area (Å²) in [5, 5.41) is 4.03. The average Bonchev–Trinajstić information content (AvgIpc) is 2.79. The molecule has 2 rings (SSSR count). The van der Waals surface area contributed by atoms with Crippen molar-refractivity contribution in [2.75, 3.05) is 6.61 Å². The molecule has 0 unspecified atom stereocenters. The second kappa shape index (κ2) is 6.60. The standard InChI is InChI=1S/C15H25N3O4S/c1-6-22-15(19)13-8-7-10(2)18(11(13)3)23(20,21)14-9-16-17(5)12(14)4/h9-11,13H,6-8H2,1-5H3/t10-,11+,13+/m0/s1. The molecule has 0 saturated carbocycles. The van der Waals surface area contributed by atoms with Crippen LogP contribution in [0.2, 0.25) is 0 Å². The number of nitrogens with zero attached hydrogens (tertiary/aromatic N) is 3. The highest BCUT2D eigenvalue weighted by Crippen LogP contribution is 2.34. The minimum Gasteiger partial charge on any atom is -0.466 e. The summed E-state index contributed by atoms with van der Waals surface area (Å²) in [7, 11) is -2.00. The summed E-state index contributed by atoms with van der Waals surface area (Å²) < 4.78 is 34.3. The van der Waals surface area contributed by atoms with Crippen molar-refractivity contribution in [3.8, 4) is 0 Å². The number of aromatic nitrogens is 2. The van der Waals surface area contributed by atoms with Gasteiger partial charge in [0.2, 0.25) is 10.0 Å². The molecule has 8 heteroatoms. The number of rotatable bonds is 4. The second-order valence-corrected chi connectivity index (χ2v) is 7.89. The molecule has 1 fully saturated rings. The number of hydrogen-bond acceptors (Lipinski definition) is 5. The van der Waals surface area contributed by atoms with Crippen molar-refractivity contribution in [3.05, 3.63) is 11.9 Å². The van der Waals surface area contributed by atoms with E-state index in [4.69, 9.17) is 4.74 Å². The number of aryl methyl sites for hydroxylation is 1. The molecule has 0 spiro atoms. The largest absolute Gasteiger partial charge is 0.466 e. The van der Waals surface area contributed by atoms with Crippen LogP contribution in [0.4, 0.5) is 0 Å². The van der Waals surface area contributed by atoms with Crippen molar-refractivity contribution in [1.82, 2.24) is 14.1 Å². The SMILES string of the molecule is CCOC(=O)[C@@H]1CC[C@H](C)N(S(=O)(=O)c2cnn(C)c2C)[C@@H]1C. The van der Waals surface area contributed by atoms with Crippen LogP contribution in [-0.2, 0) is 26.6 Å². The number of carbonyl (C=O) groups excluding carboxylic acids is 1. The molecule has 0 bridgehead atoms. The van der Waals surface area contributed by atoms with Crippen LogP contribution in [0.3, 0.4) is 0 Å². The number of piperidine rings is 1. The Kier molecular flexibility index (Phi) is 5.15. The summed E-state index contributed by atoms with van der Waals surface area (Å²) in [6.07, 6.45) is 2.64. The third-order valence-electron chi connectivity index (χ3n) is 4.65. The Hall–Kier alpha value is -1.41. The van der Waals surface area contributed by atoms with Gasteiger partial charge >= 0.3 is 5.97 Å². The molecule has 23 heavy (non-hydrogen) atoms. The fourth-order valence-electron chi connectivity index (χ4n) is 3.23. The minimum atomic E-state index is -3.71. The molecule has 1 aromatic heterocycles. The van der Waals surface area contributed by atoms with Crippen molar-refractivity contribution in [1.29, 1.82) is 0 Å². The molecular formula is C15H25N3O4S. The first kappa shape index (κ1) is 17.9. The molecule has 0 amide bonds. The van der Waals surface area contributed by atoms with E-state index >= 15 is 0 Å². The van der Waals surface area contributed by atoms with Gasteiger partial charge in [-0.15, -0.1) is 0 Å². The quantitative estimate of drug-likeness (QED) is 0.773. The van der Waals surface area contributed by atoms with Gasteiger partial charge < -0.3 is 4.74 Å². The molecule has 0 aliphatic carbocycles. The Morgan fingerprint density at radius 2 is 2.04 bits per heavy atom. The van der Waals surface area contributed by atoms with Gasteiger partial charge in [-0.25, -0.2) is 8.42 Å². The van der Waals surface area contributed by atoms with E-state index in [0.717, 1.165) is 0 Å². The Balaban J connectivity index is 2.39. The minimum absolute atomic E-state index is 0.166. The highest BCUT2D eigenvalue weighted by molar-refractivity contribution is 7.89. The predicted octanol–water partition coefficient (Wildman–Crippen LogP) is 1.47. The van der Waals surface area contributed by atoms with Gasteiger partial charge in [0.1, 0.15) is 4.90 Å². The highest BCUT2D eigenvalue weighted by Gasteiger charge is 2.44. The first-order chi connectivity index (χ1) is 10.7. The van der Waals surface area contributed by atoms with E-state index in [1.165, 1.54) is 15.2 Å². The molecule has 1 aliphatic heterocycles. The smallest absolute Gasteiger partial charge is 0.310 e.